The highest BCUT2D eigenvalue weighted by Crippen LogP contribution is 2.17. The Kier molecular flexibility index (Phi) is 64.3. The number of allylic oxidation sites excluding steroid dienone is 20. The molecule has 0 heterocycles. The van der Waals surface area contributed by atoms with Gasteiger partial charge in [-0.15, -0.1) is 0 Å². The fourth-order valence-corrected chi connectivity index (χ4v) is 9.77. The van der Waals surface area contributed by atoms with E-state index in [0.29, 0.717) is 23.9 Å². The number of carboxylic acid groups (broad SMARTS) is 1. The number of carbonyl (C=O) groups excluding carboxylic acids is 2. The zero-order chi connectivity index (χ0) is 63.3. The molecule has 0 aromatic carbocycles. The van der Waals surface area contributed by atoms with Crippen LogP contribution in [0.15, 0.2) is 122 Å². The highest BCUT2D eigenvalue weighted by Gasteiger charge is 2.25. The monoisotopic (exact) mass is 1210 g/mol. The van der Waals surface area contributed by atoms with Gasteiger partial charge in [-0.05, 0) is 109 Å². The van der Waals surface area contributed by atoms with E-state index in [1.54, 1.807) is 0 Å². The first kappa shape index (κ1) is 82.7. The Balaban J connectivity index is 4.10. The van der Waals surface area contributed by atoms with E-state index in [0.717, 1.165) is 96.3 Å². The van der Waals surface area contributed by atoms with Crippen LogP contribution in [0.2, 0.25) is 0 Å². The quantitative estimate of drug-likeness (QED) is 0.0211. The molecule has 87 heavy (non-hydrogen) atoms. The number of likely N-dealkylation sites (N-methyl/N-ethyl adjacent to an activating group) is 1. The second-order valence-electron chi connectivity index (χ2n) is 24.8. The van der Waals surface area contributed by atoms with Crippen molar-refractivity contribution in [2.24, 2.45) is 0 Å². The minimum Gasteiger partial charge on any atom is -0.477 e. The van der Waals surface area contributed by atoms with Crippen LogP contribution in [0.5, 0.6) is 0 Å². The van der Waals surface area contributed by atoms with E-state index in [1.165, 1.54) is 167 Å². The van der Waals surface area contributed by atoms with Crippen molar-refractivity contribution in [3.63, 3.8) is 0 Å². The Morgan fingerprint density at radius 2 is 0.655 bits per heavy atom. The summed E-state index contributed by atoms with van der Waals surface area (Å²) in [5, 5.41) is 9.74. The number of hydrogen-bond acceptors (Lipinski definition) is 7. The fourth-order valence-electron chi connectivity index (χ4n) is 9.77. The van der Waals surface area contributed by atoms with E-state index < -0.39 is 24.3 Å². The number of ether oxygens (including phenoxy) is 4. The second kappa shape index (κ2) is 67.6. The van der Waals surface area contributed by atoms with Gasteiger partial charge in [-0.1, -0.05) is 296 Å². The first-order valence-electron chi connectivity index (χ1n) is 35.7. The lowest BCUT2D eigenvalue weighted by Crippen LogP contribution is -2.40. The van der Waals surface area contributed by atoms with Crippen LogP contribution < -0.4 is 0 Å². The van der Waals surface area contributed by atoms with Crippen LogP contribution in [-0.2, 0) is 33.3 Å². The van der Waals surface area contributed by atoms with E-state index in [2.05, 4.69) is 135 Å². The number of esters is 2. The smallest absolute Gasteiger partial charge is 0.361 e. The van der Waals surface area contributed by atoms with Gasteiger partial charge in [-0.3, -0.25) is 9.59 Å². The fraction of sp³-hybridized carbons (Fsp3) is 0.705. The number of carboxylic acids is 1. The first-order chi connectivity index (χ1) is 42.6. The third-order valence-electron chi connectivity index (χ3n) is 15.2. The molecule has 9 nitrogen and oxygen atoms in total. The molecule has 2 unspecified atom stereocenters. The maximum Gasteiger partial charge on any atom is 0.361 e. The molecule has 0 spiro atoms. The van der Waals surface area contributed by atoms with Gasteiger partial charge < -0.3 is 28.5 Å². The summed E-state index contributed by atoms with van der Waals surface area (Å²) >= 11 is 0. The van der Waals surface area contributed by atoms with Crippen LogP contribution in [0, 0.1) is 0 Å². The van der Waals surface area contributed by atoms with Gasteiger partial charge in [0, 0.05) is 12.8 Å². The summed E-state index contributed by atoms with van der Waals surface area (Å²) in [5.74, 6) is -2.00. The van der Waals surface area contributed by atoms with Crippen molar-refractivity contribution in [3.8, 4) is 0 Å². The van der Waals surface area contributed by atoms with E-state index in [4.69, 9.17) is 18.9 Å². The minimum absolute atomic E-state index is 0.184. The van der Waals surface area contributed by atoms with E-state index in [9.17, 15) is 19.5 Å². The summed E-state index contributed by atoms with van der Waals surface area (Å²) in [7, 11) is 5.98. The third kappa shape index (κ3) is 69.0. The van der Waals surface area contributed by atoms with Gasteiger partial charge in [0.1, 0.15) is 13.2 Å². The number of aliphatic carboxylic acids is 1. The molecule has 2 atom stereocenters. The molecule has 1 N–H and O–H groups in total. The largest absolute Gasteiger partial charge is 0.477 e. The molecule has 498 valence electrons. The van der Waals surface area contributed by atoms with Crippen molar-refractivity contribution in [1.82, 2.24) is 0 Å². The average Bonchev–Trinajstić information content (AvgIpc) is 3.59. The average molecular weight is 1210 g/mol. The molecule has 9 heteroatoms. The maximum absolute atomic E-state index is 12.9. The number of hydrogen-bond donors (Lipinski definition) is 1. The summed E-state index contributed by atoms with van der Waals surface area (Å²) in [6.07, 6.45) is 93.1. The topological polar surface area (TPSA) is 108 Å². The molecule has 0 aliphatic rings. The van der Waals surface area contributed by atoms with E-state index >= 15 is 0 Å². The molecule has 0 saturated heterocycles. The van der Waals surface area contributed by atoms with Crippen molar-refractivity contribution in [3.05, 3.63) is 122 Å². The Labute approximate surface area is 536 Å². The third-order valence-corrected chi connectivity index (χ3v) is 15.2. The van der Waals surface area contributed by atoms with Crippen molar-refractivity contribution in [1.29, 1.82) is 0 Å². The molecular weight excluding hydrogens is 1080 g/mol. The Morgan fingerprint density at radius 1 is 0.356 bits per heavy atom. The Bertz CT molecular complexity index is 1840. The molecule has 0 amide bonds. The molecule has 0 aliphatic carbocycles. The molecule has 0 aromatic heterocycles. The predicted octanol–water partition coefficient (Wildman–Crippen LogP) is 22.4. The molecular formula is C78H134NO8+. The van der Waals surface area contributed by atoms with E-state index in [-0.39, 0.29) is 32.2 Å². The summed E-state index contributed by atoms with van der Waals surface area (Å²) in [4.78, 5) is 37.6. The Morgan fingerprint density at radius 3 is 0.989 bits per heavy atom. The Hall–Kier alpha value is -4.31. The lowest BCUT2D eigenvalue weighted by Gasteiger charge is -2.25. The molecule has 0 rings (SSSR count). The van der Waals surface area contributed by atoms with Crippen molar-refractivity contribution < 1.29 is 42.9 Å². The summed E-state index contributed by atoms with van der Waals surface area (Å²) in [5.41, 5.74) is 0. The summed E-state index contributed by atoms with van der Waals surface area (Å²) in [6.45, 7) is 4.78. The van der Waals surface area contributed by atoms with Crippen LogP contribution >= 0.6 is 0 Å². The maximum atomic E-state index is 12.9. The van der Waals surface area contributed by atoms with Crippen LogP contribution in [-0.4, -0.2) is 87.4 Å². The zero-order valence-corrected chi connectivity index (χ0v) is 56.9. The van der Waals surface area contributed by atoms with Gasteiger partial charge in [0.25, 0.3) is 6.29 Å². The molecule has 0 bridgehead atoms. The number of unbranched alkanes of at least 4 members (excludes halogenated alkanes) is 30. The standard InChI is InChI=1S/C78H133NO8/c1-6-8-10-12-14-16-18-20-22-24-26-28-29-30-31-32-33-34-35-36-37-38-39-40-41-42-43-44-45-46-47-49-51-53-55-57-59-61-63-65-67-69-76(81)87-74(73-86-78(77(82)83)84-71-70-79(3,4)5)72-85-75(80)68-66-64-62-60-58-56-54-52-50-48-27-25-23-21-19-17-15-13-11-9-7-2/h8,10,14,16,20,22,25-28,30-31,33-34,36-37,39-40,42-43,74,78H,6-7,9,11-13,15,17-19,21,23-24,29,32,35,38,41,44-73H2,1-5H3/p+1/b10-8-,16-14-,22-20-,27-25-,28-26-,31-30-,34-33-,37-36-,40-39-,43-42-. The first-order valence-corrected chi connectivity index (χ1v) is 35.7. The van der Waals surface area contributed by atoms with Gasteiger partial charge in [0.2, 0.25) is 0 Å². The van der Waals surface area contributed by atoms with E-state index in [1.807, 2.05) is 21.1 Å². The highest BCUT2D eigenvalue weighted by molar-refractivity contribution is 5.71. The molecule has 0 saturated carbocycles. The van der Waals surface area contributed by atoms with Crippen molar-refractivity contribution in [2.45, 2.75) is 309 Å². The SMILES string of the molecule is CC/C=C\C/C=C\C/C=C\C/C=C\C/C=C\C/C=C\C/C=C\C/C=C\C/C=C\CCCCCCCCCCCCCCCC(=O)OC(COC(=O)CCCCCCCCCCC/C=C\CCCCCCCCCC)COC(OCC[N+](C)(C)C)C(=O)O. The highest BCUT2D eigenvalue weighted by atomic mass is 16.7. The number of carbonyl (C=O) groups is 3. The molecule has 0 radical (unpaired) electrons. The van der Waals surface area contributed by atoms with Crippen LogP contribution in [0.4, 0.5) is 0 Å². The van der Waals surface area contributed by atoms with Crippen molar-refractivity contribution in [2.75, 3.05) is 47.5 Å². The van der Waals surface area contributed by atoms with Crippen LogP contribution in [0.25, 0.3) is 0 Å². The second-order valence-corrected chi connectivity index (χ2v) is 24.8. The zero-order valence-electron chi connectivity index (χ0n) is 56.9. The van der Waals surface area contributed by atoms with Gasteiger partial charge in [-0.2, -0.15) is 0 Å². The van der Waals surface area contributed by atoms with Gasteiger partial charge in [0.05, 0.1) is 34.4 Å². The summed E-state index contributed by atoms with van der Waals surface area (Å²) in [6, 6.07) is 0. The minimum atomic E-state index is -1.52. The molecule has 0 aromatic rings. The lowest BCUT2D eigenvalue weighted by molar-refractivity contribution is -0.870. The van der Waals surface area contributed by atoms with Gasteiger partial charge >= 0.3 is 17.9 Å². The normalized spacial score (nSPS) is 13.4. The predicted molar refractivity (Wildman–Crippen MR) is 373 cm³/mol. The lowest BCUT2D eigenvalue weighted by atomic mass is 10.0. The number of quaternary nitrogens is 1. The van der Waals surface area contributed by atoms with Crippen molar-refractivity contribution >= 4 is 17.9 Å². The molecule has 0 fully saturated rings. The summed E-state index contributed by atoms with van der Waals surface area (Å²) < 4.78 is 23.0. The van der Waals surface area contributed by atoms with Gasteiger partial charge in [0.15, 0.2) is 6.10 Å². The molecule has 0 aliphatic heterocycles. The van der Waals surface area contributed by atoms with Gasteiger partial charge in [-0.25, -0.2) is 4.79 Å². The number of nitrogens with zero attached hydrogens (tertiary/aromatic N) is 1. The number of rotatable bonds is 65. The van der Waals surface area contributed by atoms with Crippen LogP contribution in [0.3, 0.4) is 0 Å². The van der Waals surface area contributed by atoms with Crippen LogP contribution in [0.1, 0.15) is 296 Å².